The van der Waals surface area contributed by atoms with Crippen LogP contribution in [0.5, 0.6) is 11.6 Å². The first kappa shape index (κ1) is 20.5. The molecule has 2 rings (SSSR count). The third-order valence-corrected chi connectivity index (χ3v) is 3.78. The molecule has 0 unspecified atom stereocenters. The molecule has 0 bridgehead atoms. The predicted octanol–water partition coefficient (Wildman–Crippen LogP) is 3.60. The molecule has 0 saturated heterocycles. The van der Waals surface area contributed by atoms with Gasteiger partial charge in [-0.05, 0) is 42.7 Å². The molecule has 27 heavy (non-hydrogen) atoms. The van der Waals surface area contributed by atoms with E-state index in [2.05, 4.69) is 9.72 Å². The molecule has 1 heterocycles. The normalized spacial score (nSPS) is 11.2. The van der Waals surface area contributed by atoms with E-state index < -0.39 is 18.2 Å². The van der Waals surface area contributed by atoms with Gasteiger partial charge < -0.3 is 19.9 Å². The monoisotopic (exact) mass is 384 g/mol. The summed E-state index contributed by atoms with van der Waals surface area (Å²) in [5.41, 5.74) is 8.23. The number of halogens is 3. The Labute approximate surface area is 154 Å². The molecule has 2 aromatic rings. The van der Waals surface area contributed by atoms with Crippen LogP contribution >= 0.6 is 0 Å². The first-order valence-corrected chi connectivity index (χ1v) is 8.01. The van der Waals surface area contributed by atoms with Crippen molar-refractivity contribution in [3.8, 4) is 22.8 Å². The van der Waals surface area contributed by atoms with Crippen molar-refractivity contribution in [3.05, 3.63) is 41.1 Å². The molecule has 0 atom stereocenters. The highest BCUT2D eigenvalue weighted by atomic mass is 19.4. The zero-order valence-electron chi connectivity index (χ0n) is 15.0. The number of esters is 1. The van der Waals surface area contributed by atoms with Crippen LogP contribution in [0.25, 0.3) is 11.1 Å². The second-order valence-corrected chi connectivity index (χ2v) is 5.47. The van der Waals surface area contributed by atoms with Gasteiger partial charge in [0.25, 0.3) is 0 Å². The van der Waals surface area contributed by atoms with Crippen LogP contribution in [0.15, 0.2) is 24.4 Å². The third kappa shape index (κ3) is 4.68. The topological polar surface area (TPSA) is 83.7 Å². The first-order valence-electron chi connectivity index (χ1n) is 8.01. The van der Waals surface area contributed by atoms with Crippen molar-refractivity contribution in [1.29, 1.82) is 0 Å². The number of rotatable bonds is 6. The molecule has 9 heteroatoms. The van der Waals surface area contributed by atoms with Crippen LogP contribution in [0.2, 0.25) is 0 Å². The van der Waals surface area contributed by atoms with E-state index in [0.717, 1.165) is 6.07 Å². The lowest BCUT2D eigenvalue weighted by atomic mass is 9.93. The standard InChI is InChI=1S/C18H19F3N2O4/c1-4-26-17(24)15-12(8-22)7-13(10(2)16(15)25-3)11-5-6-14(23-9-11)27-18(19,20)21/h5-7,9H,4,8,22H2,1-3H3. The van der Waals surface area contributed by atoms with Gasteiger partial charge in [-0.3, -0.25) is 0 Å². The Bertz CT molecular complexity index is 821. The molecule has 0 aliphatic rings. The number of ether oxygens (including phenoxy) is 3. The van der Waals surface area contributed by atoms with Crippen LogP contribution in [0, 0.1) is 6.92 Å². The van der Waals surface area contributed by atoms with Gasteiger partial charge in [-0.2, -0.15) is 0 Å². The highest BCUT2D eigenvalue weighted by Gasteiger charge is 2.31. The zero-order valence-corrected chi connectivity index (χ0v) is 15.0. The highest BCUT2D eigenvalue weighted by molar-refractivity contribution is 5.96. The Morgan fingerprint density at radius 1 is 1.30 bits per heavy atom. The van der Waals surface area contributed by atoms with E-state index in [9.17, 15) is 18.0 Å². The van der Waals surface area contributed by atoms with E-state index in [0.29, 0.717) is 28.0 Å². The van der Waals surface area contributed by atoms with Crippen molar-refractivity contribution in [2.24, 2.45) is 5.73 Å². The minimum absolute atomic E-state index is 0.0421. The number of pyridine rings is 1. The Morgan fingerprint density at radius 3 is 2.48 bits per heavy atom. The molecular weight excluding hydrogens is 365 g/mol. The summed E-state index contributed by atoms with van der Waals surface area (Å²) in [6.07, 6.45) is -3.57. The number of carbonyl (C=O) groups is 1. The lowest BCUT2D eigenvalue weighted by Gasteiger charge is -2.18. The maximum absolute atomic E-state index is 12.3. The Morgan fingerprint density at radius 2 is 2.00 bits per heavy atom. The van der Waals surface area contributed by atoms with Crippen molar-refractivity contribution < 1.29 is 32.2 Å². The van der Waals surface area contributed by atoms with E-state index in [-0.39, 0.29) is 18.7 Å². The second-order valence-electron chi connectivity index (χ2n) is 5.47. The van der Waals surface area contributed by atoms with Gasteiger partial charge in [-0.1, -0.05) is 0 Å². The van der Waals surface area contributed by atoms with Crippen molar-refractivity contribution in [2.45, 2.75) is 26.8 Å². The van der Waals surface area contributed by atoms with Gasteiger partial charge in [0.15, 0.2) is 0 Å². The van der Waals surface area contributed by atoms with Crippen LogP contribution in [-0.4, -0.2) is 31.0 Å². The molecule has 0 fully saturated rings. The number of methoxy groups -OCH3 is 1. The predicted molar refractivity (Wildman–Crippen MR) is 91.5 cm³/mol. The molecule has 6 nitrogen and oxygen atoms in total. The molecule has 0 aliphatic heterocycles. The SMILES string of the molecule is CCOC(=O)c1c(CN)cc(-c2ccc(OC(F)(F)F)nc2)c(C)c1OC. The lowest BCUT2D eigenvalue weighted by molar-refractivity contribution is -0.276. The van der Waals surface area contributed by atoms with Crippen LogP contribution < -0.4 is 15.2 Å². The number of aromatic nitrogens is 1. The fraction of sp³-hybridized carbons (Fsp3) is 0.333. The fourth-order valence-corrected chi connectivity index (χ4v) is 2.67. The largest absolute Gasteiger partial charge is 0.574 e. The van der Waals surface area contributed by atoms with E-state index in [1.54, 1.807) is 19.9 Å². The molecule has 146 valence electrons. The molecule has 0 radical (unpaired) electrons. The number of hydrogen-bond acceptors (Lipinski definition) is 6. The number of alkyl halides is 3. The van der Waals surface area contributed by atoms with Gasteiger partial charge in [0.2, 0.25) is 5.88 Å². The van der Waals surface area contributed by atoms with E-state index in [4.69, 9.17) is 15.2 Å². The van der Waals surface area contributed by atoms with Gasteiger partial charge >= 0.3 is 12.3 Å². The minimum atomic E-state index is -4.82. The maximum atomic E-state index is 12.3. The summed E-state index contributed by atoms with van der Waals surface area (Å²) in [6, 6.07) is 4.21. The summed E-state index contributed by atoms with van der Waals surface area (Å²) in [4.78, 5) is 16.0. The summed E-state index contributed by atoms with van der Waals surface area (Å²) in [6.45, 7) is 3.64. The fourth-order valence-electron chi connectivity index (χ4n) is 2.67. The van der Waals surface area contributed by atoms with Gasteiger partial charge in [0.05, 0.1) is 13.7 Å². The summed E-state index contributed by atoms with van der Waals surface area (Å²) in [5, 5.41) is 0. The maximum Gasteiger partial charge on any atom is 0.574 e. The Hall–Kier alpha value is -2.81. The van der Waals surface area contributed by atoms with Crippen molar-refractivity contribution in [3.63, 3.8) is 0 Å². The summed E-state index contributed by atoms with van der Waals surface area (Å²) in [5.74, 6) is -0.837. The van der Waals surface area contributed by atoms with Gasteiger partial charge in [0, 0.05) is 24.4 Å². The molecule has 0 amide bonds. The molecule has 0 saturated carbocycles. The number of nitrogens with zero attached hydrogens (tertiary/aromatic N) is 1. The van der Waals surface area contributed by atoms with Crippen LogP contribution in [0.1, 0.15) is 28.4 Å². The number of nitrogens with two attached hydrogens (primary N) is 1. The second kappa shape index (κ2) is 8.26. The lowest BCUT2D eigenvalue weighted by Crippen LogP contribution is -2.17. The van der Waals surface area contributed by atoms with Crippen LogP contribution in [0.4, 0.5) is 13.2 Å². The summed E-state index contributed by atoms with van der Waals surface area (Å²) < 4.78 is 51.0. The highest BCUT2D eigenvalue weighted by Crippen LogP contribution is 2.36. The molecule has 2 N–H and O–H groups in total. The minimum Gasteiger partial charge on any atom is -0.496 e. The van der Waals surface area contributed by atoms with Gasteiger partial charge in [-0.25, -0.2) is 9.78 Å². The summed E-state index contributed by atoms with van der Waals surface area (Å²) >= 11 is 0. The smallest absolute Gasteiger partial charge is 0.496 e. The third-order valence-electron chi connectivity index (χ3n) is 3.78. The quantitative estimate of drug-likeness (QED) is 0.766. The zero-order chi connectivity index (χ0) is 20.2. The molecule has 1 aromatic carbocycles. The Balaban J connectivity index is 2.53. The number of benzene rings is 1. The Kier molecular flexibility index (Phi) is 6.27. The average Bonchev–Trinajstić information content (AvgIpc) is 2.61. The van der Waals surface area contributed by atoms with E-state index >= 15 is 0 Å². The molecule has 0 spiro atoms. The van der Waals surface area contributed by atoms with Crippen LogP contribution in [-0.2, 0) is 11.3 Å². The van der Waals surface area contributed by atoms with Crippen molar-refractivity contribution in [1.82, 2.24) is 4.98 Å². The van der Waals surface area contributed by atoms with Crippen molar-refractivity contribution >= 4 is 5.97 Å². The summed E-state index contributed by atoms with van der Waals surface area (Å²) in [7, 11) is 1.41. The van der Waals surface area contributed by atoms with E-state index in [1.807, 2.05) is 0 Å². The molecule has 1 aromatic heterocycles. The molecule has 0 aliphatic carbocycles. The average molecular weight is 384 g/mol. The van der Waals surface area contributed by atoms with Gasteiger partial charge in [-0.15, -0.1) is 13.2 Å². The van der Waals surface area contributed by atoms with Gasteiger partial charge in [0.1, 0.15) is 11.3 Å². The first-order chi connectivity index (χ1) is 12.7. The number of hydrogen-bond donors (Lipinski definition) is 1. The van der Waals surface area contributed by atoms with Crippen molar-refractivity contribution in [2.75, 3.05) is 13.7 Å². The van der Waals surface area contributed by atoms with Crippen LogP contribution in [0.3, 0.4) is 0 Å². The van der Waals surface area contributed by atoms with E-state index in [1.165, 1.54) is 19.4 Å². The molecular formula is C18H19F3N2O4. The number of carbonyl (C=O) groups excluding carboxylic acids is 1.